The minimum atomic E-state index is -2.22. The minimum Gasteiger partial charge on any atom is -0.452 e. The van der Waals surface area contributed by atoms with Crippen molar-refractivity contribution in [1.29, 1.82) is 0 Å². The van der Waals surface area contributed by atoms with Crippen LogP contribution in [0.25, 0.3) is 0 Å². The number of rotatable bonds is 10. The molecule has 0 heterocycles. The van der Waals surface area contributed by atoms with Crippen LogP contribution in [0.2, 0.25) is 0 Å². The van der Waals surface area contributed by atoms with Crippen molar-refractivity contribution in [1.82, 2.24) is 0 Å². The van der Waals surface area contributed by atoms with E-state index in [1.807, 2.05) is 0 Å². The Morgan fingerprint density at radius 3 is 2.38 bits per heavy atom. The molecule has 0 amide bonds. The third-order valence-electron chi connectivity index (χ3n) is 1.97. The normalized spacial score (nSPS) is 11.7. The van der Waals surface area contributed by atoms with Crippen molar-refractivity contribution in [2.45, 2.75) is 18.9 Å². The molecule has 0 aliphatic heterocycles. The predicted octanol–water partition coefficient (Wildman–Crippen LogP) is 0.851. The minimum absolute atomic E-state index is 0.0718. The van der Waals surface area contributed by atoms with E-state index in [1.54, 1.807) is 0 Å². The van der Waals surface area contributed by atoms with Gasteiger partial charge in [-0.3, -0.25) is 4.79 Å². The first-order valence-electron chi connectivity index (χ1n) is 5.84. The summed E-state index contributed by atoms with van der Waals surface area (Å²) in [6.07, 6.45) is 8.30. The van der Waals surface area contributed by atoms with Gasteiger partial charge in [0.25, 0.3) is 6.35 Å². The second-order valence-electron chi connectivity index (χ2n) is 3.56. The smallest absolute Gasteiger partial charge is 0.452 e. The monoisotopic (exact) mass is 315 g/mol. The van der Waals surface area contributed by atoms with E-state index in [0.717, 1.165) is 0 Å². The topological polar surface area (TPSA) is 88.1 Å². The number of hydrogen-bond donors (Lipinski definition) is 0. The van der Waals surface area contributed by atoms with Crippen molar-refractivity contribution >= 4 is 20.0 Å². The number of carbonyl (C=O) groups excluding carboxylic acids is 2. The van der Waals surface area contributed by atoms with Crippen molar-refractivity contribution < 1.29 is 32.9 Å². The van der Waals surface area contributed by atoms with Crippen molar-refractivity contribution in [3.63, 3.8) is 0 Å². The summed E-state index contributed by atoms with van der Waals surface area (Å²) in [7, 11) is -0.886. The van der Waals surface area contributed by atoms with Gasteiger partial charge in [0.05, 0.1) is 0 Å². The molecule has 0 aromatic rings. The first-order valence-corrected chi connectivity index (χ1v) is 7.21. The van der Waals surface area contributed by atoms with Gasteiger partial charge in [0.1, 0.15) is 0 Å². The summed E-state index contributed by atoms with van der Waals surface area (Å²) >= 11 is 0. The average Bonchev–Trinajstić information content (AvgIpc) is 2.46. The molecular formula is C13H16O7P+. The van der Waals surface area contributed by atoms with Crippen molar-refractivity contribution in [2.24, 2.45) is 0 Å². The molecule has 8 heteroatoms. The van der Waals surface area contributed by atoms with E-state index in [-0.39, 0.29) is 32.4 Å². The van der Waals surface area contributed by atoms with E-state index < -0.39 is 26.1 Å². The summed E-state index contributed by atoms with van der Waals surface area (Å²) in [5, 5.41) is 0. The molecule has 0 bridgehead atoms. The van der Waals surface area contributed by atoms with Crippen LogP contribution in [0.1, 0.15) is 12.8 Å². The highest BCUT2D eigenvalue weighted by Gasteiger charge is 2.32. The first-order chi connectivity index (χ1) is 10.0. The molecule has 0 aromatic heterocycles. The highest BCUT2D eigenvalue weighted by Crippen LogP contribution is 2.26. The standard InChI is InChI=1S/C13H16O7P/c1-4-8-18-12(14)7-6-11(13(15)19-9-5-2)20-21(16)10-17-3/h1-2,11H,6-10H2,3H3/q+1. The molecule has 21 heavy (non-hydrogen) atoms. The molecule has 0 fully saturated rings. The molecule has 0 aromatic carbocycles. The van der Waals surface area contributed by atoms with Gasteiger partial charge in [-0.05, 0) is 11.0 Å². The van der Waals surface area contributed by atoms with Gasteiger partial charge in [0, 0.05) is 13.5 Å². The molecule has 0 rings (SSSR count). The van der Waals surface area contributed by atoms with Crippen LogP contribution in [0.5, 0.6) is 0 Å². The lowest BCUT2D eigenvalue weighted by molar-refractivity contribution is -0.151. The van der Waals surface area contributed by atoms with Crippen LogP contribution >= 0.6 is 8.03 Å². The van der Waals surface area contributed by atoms with E-state index in [2.05, 4.69) is 21.3 Å². The maximum absolute atomic E-state index is 11.7. The zero-order valence-corrected chi connectivity index (χ0v) is 12.5. The summed E-state index contributed by atoms with van der Waals surface area (Å²) in [4.78, 5) is 23.0. The Morgan fingerprint density at radius 2 is 1.81 bits per heavy atom. The second kappa shape index (κ2) is 11.9. The maximum atomic E-state index is 11.7. The summed E-state index contributed by atoms with van der Waals surface area (Å²) in [6.45, 7) is -0.412. The van der Waals surface area contributed by atoms with Crippen molar-refractivity contribution in [2.75, 3.05) is 26.7 Å². The molecule has 0 N–H and O–H groups in total. The van der Waals surface area contributed by atoms with Crippen LogP contribution in [0.15, 0.2) is 0 Å². The number of esters is 2. The van der Waals surface area contributed by atoms with Crippen LogP contribution in [0.4, 0.5) is 0 Å². The van der Waals surface area contributed by atoms with Gasteiger partial charge < -0.3 is 14.2 Å². The highest BCUT2D eigenvalue weighted by atomic mass is 31.1. The van der Waals surface area contributed by atoms with Gasteiger partial charge in [0.2, 0.25) is 6.10 Å². The third kappa shape index (κ3) is 9.59. The van der Waals surface area contributed by atoms with E-state index in [4.69, 9.17) is 22.1 Å². The Labute approximate surface area is 124 Å². The van der Waals surface area contributed by atoms with E-state index in [0.29, 0.717) is 0 Å². The molecule has 2 atom stereocenters. The summed E-state index contributed by atoms with van der Waals surface area (Å²) in [5.74, 6) is 2.84. The summed E-state index contributed by atoms with van der Waals surface area (Å²) < 4.78 is 30.4. The van der Waals surface area contributed by atoms with Gasteiger partial charge in [-0.25, -0.2) is 4.79 Å². The predicted molar refractivity (Wildman–Crippen MR) is 73.2 cm³/mol. The molecule has 2 unspecified atom stereocenters. The third-order valence-corrected chi connectivity index (χ3v) is 2.93. The van der Waals surface area contributed by atoms with E-state index in [1.165, 1.54) is 7.11 Å². The molecule has 0 aliphatic carbocycles. The fourth-order valence-corrected chi connectivity index (χ4v) is 1.89. The Hall–Kier alpha value is -1.92. The molecule has 0 saturated carbocycles. The molecule has 0 spiro atoms. The fraction of sp³-hybridized carbons (Fsp3) is 0.538. The van der Waals surface area contributed by atoms with Gasteiger partial charge in [-0.15, -0.1) is 17.4 Å². The van der Waals surface area contributed by atoms with Gasteiger partial charge >= 0.3 is 20.0 Å². The largest absolute Gasteiger partial charge is 0.537 e. The second-order valence-corrected chi connectivity index (χ2v) is 4.69. The lowest BCUT2D eigenvalue weighted by atomic mass is 10.2. The fourth-order valence-electron chi connectivity index (χ4n) is 1.14. The van der Waals surface area contributed by atoms with E-state index >= 15 is 0 Å². The zero-order chi connectivity index (χ0) is 16.1. The quantitative estimate of drug-likeness (QED) is 0.335. The SMILES string of the molecule is C#CCOC(=O)CCC(O[P+](=O)COC)C(=O)OCC#C. The number of methoxy groups -OCH3 is 1. The highest BCUT2D eigenvalue weighted by molar-refractivity contribution is 7.38. The number of hydrogen-bond acceptors (Lipinski definition) is 7. The van der Waals surface area contributed by atoms with Gasteiger partial charge in [0.15, 0.2) is 13.2 Å². The Balaban J connectivity index is 4.47. The molecule has 0 radical (unpaired) electrons. The van der Waals surface area contributed by atoms with Crippen molar-refractivity contribution in [3.8, 4) is 24.7 Å². The van der Waals surface area contributed by atoms with Gasteiger partial charge in [-0.1, -0.05) is 11.8 Å². The number of ether oxygens (including phenoxy) is 3. The average molecular weight is 315 g/mol. The van der Waals surface area contributed by atoms with Crippen LogP contribution in [-0.4, -0.2) is 44.7 Å². The lowest BCUT2D eigenvalue weighted by Gasteiger charge is -2.09. The molecule has 0 aliphatic rings. The first kappa shape index (κ1) is 19.1. The number of terminal acetylenes is 2. The Morgan fingerprint density at radius 1 is 1.19 bits per heavy atom. The lowest BCUT2D eigenvalue weighted by Crippen LogP contribution is -2.26. The van der Waals surface area contributed by atoms with Crippen molar-refractivity contribution in [3.05, 3.63) is 0 Å². The molecule has 0 saturated heterocycles. The summed E-state index contributed by atoms with van der Waals surface area (Å²) in [6, 6.07) is 0. The van der Waals surface area contributed by atoms with Gasteiger partial charge in [-0.2, -0.15) is 0 Å². The number of carbonyl (C=O) groups is 2. The zero-order valence-electron chi connectivity index (χ0n) is 11.6. The van der Waals surface area contributed by atoms with Crippen LogP contribution < -0.4 is 0 Å². The van der Waals surface area contributed by atoms with E-state index in [9.17, 15) is 14.2 Å². The van der Waals surface area contributed by atoms with Crippen LogP contribution in [0.3, 0.4) is 0 Å². The van der Waals surface area contributed by atoms with Crippen LogP contribution in [-0.2, 0) is 32.9 Å². The maximum Gasteiger partial charge on any atom is 0.537 e. The molecular weight excluding hydrogens is 299 g/mol. The Bertz CT molecular complexity index is 446. The van der Waals surface area contributed by atoms with Crippen LogP contribution in [0, 0.1) is 24.7 Å². The molecule has 7 nitrogen and oxygen atoms in total. The summed E-state index contributed by atoms with van der Waals surface area (Å²) in [5.41, 5.74) is 0. The Kier molecular flexibility index (Phi) is 10.8. The molecule has 114 valence electrons.